The Labute approximate surface area is 171 Å². The Bertz CT molecular complexity index is 863. The first kappa shape index (κ1) is 20.5. The van der Waals surface area contributed by atoms with Crippen LogP contribution in [0.25, 0.3) is 0 Å². The zero-order valence-corrected chi connectivity index (χ0v) is 16.9. The zero-order valence-electron chi connectivity index (χ0n) is 16.9. The summed E-state index contributed by atoms with van der Waals surface area (Å²) >= 11 is 0. The van der Waals surface area contributed by atoms with Crippen LogP contribution in [0.5, 0.6) is 11.5 Å². The van der Waals surface area contributed by atoms with Crippen molar-refractivity contribution in [2.45, 2.75) is 19.3 Å². The smallest absolute Gasteiger partial charge is 0.253 e. The third-order valence-electron chi connectivity index (χ3n) is 4.89. The molecule has 2 aromatic rings. The molecule has 154 valence electrons. The molecule has 0 radical (unpaired) electrons. The molecule has 7 nitrogen and oxygen atoms in total. The van der Waals surface area contributed by atoms with Crippen LogP contribution in [0.3, 0.4) is 0 Å². The van der Waals surface area contributed by atoms with Gasteiger partial charge in [0.2, 0.25) is 5.91 Å². The van der Waals surface area contributed by atoms with Crippen molar-refractivity contribution in [1.29, 1.82) is 0 Å². The first-order valence-corrected chi connectivity index (χ1v) is 9.76. The van der Waals surface area contributed by atoms with Gasteiger partial charge in [-0.1, -0.05) is 6.07 Å². The van der Waals surface area contributed by atoms with Crippen LogP contribution in [-0.2, 0) is 4.79 Å². The van der Waals surface area contributed by atoms with Gasteiger partial charge >= 0.3 is 0 Å². The number of nitrogens with zero attached hydrogens (tertiary/aromatic N) is 1. The SMILES string of the molecule is COc1ccc(OC)c(NC(=O)CNc2cccc(C(=O)N3CCCCC3)c2)c1. The van der Waals surface area contributed by atoms with Crippen molar-refractivity contribution in [3.8, 4) is 11.5 Å². The maximum absolute atomic E-state index is 12.7. The van der Waals surface area contributed by atoms with Crippen molar-refractivity contribution in [3.05, 3.63) is 48.0 Å². The van der Waals surface area contributed by atoms with Crippen molar-refractivity contribution in [2.75, 3.05) is 44.5 Å². The Hall–Kier alpha value is -3.22. The fourth-order valence-corrected chi connectivity index (χ4v) is 3.33. The Balaban J connectivity index is 1.60. The number of methoxy groups -OCH3 is 2. The molecule has 1 fully saturated rings. The van der Waals surface area contributed by atoms with Gasteiger partial charge in [0.05, 0.1) is 26.5 Å². The highest BCUT2D eigenvalue weighted by molar-refractivity contribution is 5.97. The van der Waals surface area contributed by atoms with Gasteiger partial charge in [-0.25, -0.2) is 0 Å². The van der Waals surface area contributed by atoms with Gasteiger partial charge in [0.25, 0.3) is 5.91 Å². The number of hydrogen-bond acceptors (Lipinski definition) is 5. The quantitative estimate of drug-likeness (QED) is 0.749. The lowest BCUT2D eigenvalue weighted by molar-refractivity contribution is -0.114. The van der Waals surface area contributed by atoms with Crippen molar-refractivity contribution < 1.29 is 19.1 Å². The molecule has 0 aliphatic carbocycles. The van der Waals surface area contributed by atoms with E-state index in [1.54, 1.807) is 38.5 Å². The number of likely N-dealkylation sites (tertiary alicyclic amines) is 1. The Morgan fingerprint density at radius 2 is 1.79 bits per heavy atom. The Morgan fingerprint density at radius 1 is 1.00 bits per heavy atom. The van der Waals surface area contributed by atoms with Crippen LogP contribution in [0, 0.1) is 0 Å². The molecule has 1 heterocycles. The van der Waals surface area contributed by atoms with Gasteiger partial charge in [-0.15, -0.1) is 0 Å². The molecule has 29 heavy (non-hydrogen) atoms. The third-order valence-corrected chi connectivity index (χ3v) is 4.89. The maximum Gasteiger partial charge on any atom is 0.253 e. The molecule has 2 amide bonds. The first-order valence-electron chi connectivity index (χ1n) is 9.76. The molecule has 7 heteroatoms. The van der Waals surface area contributed by atoms with Crippen molar-refractivity contribution in [2.24, 2.45) is 0 Å². The fourth-order valence-electron chi connectivity index (χ4n) is 3.33. The summed E-state index contributed by atoms with van der Waals surface area (Å²) in [7, 11) is 3.10. The average Bonchev–Trinajstić information content (AvgIpc) is 2.78. The summed E-state index contributed by atoms with van der Waals surface area (Å²) in [5, 5.41) is 5.89. The molecular formula is C22H27N3O4. The van der Waals surface area contributed by atoms with E-state index in [4.69, 9.17) is 9.47 Å². The number of ether oxygens (including phenoxy) is 2. The van der Waals surface area contributed by atoms with Gasteiger partial charge in [0, 0.05) is 30.4 Å². The molecule has 1 aliphatic heterocycles. The van der Waals surface area contributed by atoms with E-state index in [9.17, 15) is 9.59 Å². The number of piperidine rings is 1. The van der Waals surface area contributed by atoms with Crippen LogP contribution in [0.4, 0.5) is 11.4 Å². The van der Waals surface area contributed by atoms with E-state index >= 15 is 0 Å². The number of benzene rings is 2. The van der Waals surface area contributed by atoms with E-state index in [1.165, 1.54) is 6.42 Å². The van der Waals surface area contributed by atoms with E-state index in [-0.39, 0.29) is 18.4 Å². The largest absolute Gasteiger partial charge is 0.497 e. The van der Waals surface area contributed by atoms with Crippen LogP contribution < -0.4 is 20.1 Å². The summed E-state index contributed by atoms with van der Waals surface area (Å²) < 4.78 is 10.5. The average molecular weight is 397 g/mol. The second kappa shape index (κ2) is 9.82. The van der Waals surface area contributed by atoms with E-state index in [0.29, 0.717) is 22.7 Å². The Kier molecular flexibility index (Phi) is 6.94. The van der Waals surface area contributed by atoms with Gasteiger partial charge in [-0.2, -0.15) is 0 Å². The minimum absolute atomic E-state index is 0.0407. The van der Waals surface area contributed by atoms with Crippen LogP contribution in [0.2, 0.25) is 0 Å². The predicted octanol–water partition coefficient (Wildman–Crippen LogP) is 3.38. The summed E-state index contributed by atoms with van der Waals surface area (Å²) in [4.78, 5) is 26.9. The summed E-state index contributed by atoms with van der Waals surface area (Å²) in [5.74, 6) is 0.981. The van der Waals surface area contributed by atoms with E-state index in [2.05, 4.69) is 10.6 Å². The van der Waals surface area contributed by atoms with Crippen LogP contribution in [0.1, 0.15) is 29.6 Å². The standard InChI is InChI=1S/C22H27N3O4/c1-28-18-9-10-20(29-2)19(14-18)24-21(26)15-23-17-8-6-7-16(13-17)22(27)25-11-4-3-5-12-25/h6-10,13-14,23H,3-5,11-12,15H2,1-2H3,(H,24,26). The molecular weight excluding hydrogens is 370 g/mol. The molecule has 3 rings (SSSR count). The highest BCUT2D eigenvalue weighted by atomic mass is 16.5. The van der Waals surface area contributed by atoms with Crippen LogP contribution in [0.15, 0.2) is 42.5 Å². The second-order valence-electron chi connectivity index (χ2n) is 6.90. The summed E-state index contributed by atoms with van der Waals surface area (Å²) in [6, 6.07) is 12.5. The summed E-state index contributed by atoms with van der Waals surface area (Å²) in [5.41, 5.74) is 1.89. The molecule has 0 bridgehead atoms. The molecule has 1 saturated heterocycles. The fraction of sp³-hybridized carbons (Fsp3) is 0.364. The van der Waals surface area contributed by atoms with Crippen molar-refractivity contribution in [3.63, 3.8) is 0 Å². The predicted molar refractivity (Wildman–Crippen MR) is 113 cm³/mol. The van der Waals surface area contributed by atoms with Crippen LogP contribution in [-0.4, -0.2) is 50.6 Å². The lowest BCUT2D eigenvalue weighted by Crippen LogP contribution is -2.35. The minimum atomic E-state index is -0.232. The number of anilines is 2. The number of amides is 2. The molecule has 2 N–H and O–H groups in total. The van der Waals surface area contributed by atoms with Gasteiger partial charge in [-0.05, 0) is 49.6 Å². The number of carbonyl (C=O) groups excluding carboxylic acids is 2. The molecule has 0 unspecified atom stereocenters. The summed E-state index contributed by atoms with van der Waals surface area (Å²) in [6.45, 7) is 1.67. The highest BCUT2D eigenvalue weighted by Gasteiger charge is 2.18. The Morgan fingerprint density at radius 3 is 2.52 bits per heavy atom. The topological polar surface area (TPSA) is 79.9 Å². The lowest BCUT2D eigenvalue weighted by Gasteiger charge is -2.26. The van der Waals surface area contributed by atoms with Crippen molar-refractivity contribution >= 4 is 23.2 Å². The van der Waals surface area contributed by atoms with Gasteiger partial charge in [-0.3, -0.25) is 9.59 Å². The number of rotatable bonds is 7. The lowest BCUT2D eigenvalue weighted by atomic mass is 10.1. The summed E-state index contributed by atoms with van der Waals surface area (Å²) in [6.07, 6.45) is 3.29. The van der Waals surface area contributed by atoms with Gasteiger partial charge in [0.1, 0.15) is 11.5 Å². The second-order valence-corrected chi connectivity index (χ2v) is 6.90. The van der Waals surface area contributed by atoms with E-state index in [0.717, 1.165) is 31.6 Å². The molecule has 0 saturated carbocycles. The molecule has 0 aromatic heterocycles. The molecule has 2 aromatic carbocycles. The van der Waals surface area contributed by atoms with Gasteiger partial charge < -0.3 is 25.0 Å². The minimum Gasteiger partial charge on any atom is -0.497 e. The molecule has 1 aliphatic rings. The third kappa shape index (κ3) is 5.40. The van der Waals surface area contributed by atoms with Gasteiger partial charge in [0.15, 0.2) is 0 Å². The number of carbonyl (C=O) groups is 2. The maximum atomic E-state index is 12.7. The number of hydrogen-bond donors (Lipinski definition) is 2. The van der Waals surface area contributed by atoms with E-state index < -0.39 is 0 Å². The monoisotopic (exact) mass is 397 g/mol. The van der Waals surface area contributed by atoms with Crippen molar-refractivity contribution in [1.82, 2.24) is 4.90 Å². The zero-order chi connectivity index (χ0) is 20.6. The van der Waals surface area contributed by atoms with Crippen LogP contribution >= 0.6 is 0 Å². The normalized spacial score (nSPS) is 13.5. The molecule has 0 atom stereocenters. The highest BCUT2D eigenvalue weighted by Crippen LogP contribution is 2.28. The first-order chi connectivity index (χ1) is 14.1. The molecule has 0 spiro atoms. The van der Waals surface area contributed by atoms with E-state index in [1.807, 2.05) is 23.1 Å². The number of nitrogens with one attached hydrogen (secondary N) is 2.